The van der Waals surface area contributed by atoms with E-state index >= 15 is 0 Å². The van der Waals surface area contributed by atoms with Crippen LogP contribution in [-0.2, 0) is 12.8 Å². The number of anilines is 3. The molecule has 7 heteroatoms. The summed E-state index contributed by atoms with van der Waals surface area (Å²) in [5, 5.41) is 6.66. The lowest BCUT2D eigenvalue weighted by Gasteiger charge is -2.13. The molecular weight excluding hydrogens is 379 g/mol. The Balaban J connectivity index is 1.48. The van der Waals surface area contributed by atoms with E-state index in [9.17, 15) is 9.18 Å². The van der Waals surface area contributed by atoms with Crippen LogP contribution in [0.4, 0.5) is 21.6 Å². The molecule has 0 radical (unpaired) electrons. The number of carbonyl (C=O) groups excluding carboxylic acids is 1. The molecule has 142 valence electrons. The highest BCUT2D eigenvalue weighted by molar-refractivity contribution is 6.30. The molecule has 3 aromatic rings. The second kappa shape index (κ2) is 7.48. The second-order valence-electron chi connectivity index (χ2n) is 6.80. The average Bonchev–Trinajstić information content (AvgIpc) is 3.02. The first-order valence-corrected chi connectivity index (χ1v) is 9.22. The Hall–Kier alpha value is -3.12. The summed E-state index contributed by atoms with van der Waals surface area (Å²) in [6, 6.07) is 14.8. The van der Waals surface area contributed by atoms with Crippen LogP contribution in [0, 0.1) is 5.82 Å². The van der Waals surface area contributed by atoms with E-state index in [1.54, 1.807) is 18.2 Å². The number of nitrogens with one attached hydrogen (secondary N) is 2. The smallest absolute Gasteiger partial charge is 0.270 e. The Morgan fingerprint density at radius 3 is 2.75 bits per heavy atom. The molecule has 1 aromatic heterocycles. The largest absolute Gasteiger partial charge is 0.399 e. The van der Waals surface area contributed by atoms with Crippen LogP contribution in [0.2, 0.25) is 5.02 Å². The minimum atomic E-state index is -0.368. The van der Waals surface area contributed by atoms with Crippen LogP contribution < -0.4 is 16.4 Å². The number of halogens is 2. The number of benzene rings is 2. The van der Waals surface area contributed by atoms with Gasteiger partial charge in [-0.25, -0.2) is 9.37 Å². The van der Waals surface area contributed by atoms with Crippen molar-refractivity contribution in [3.63, 3.8) is 0 Å². The van der Waals surface area contributed by atoms with Crippen LogP contribution in [0.1, 0.15) is 21.6 Å². The highest BCUT2D eigenvalue weighted by Crippen LogP contribution is 2.26. The molecule has 0 spiro atoms. The van der Waals surface area contributed by atoms with E-state index in [4.69, 9.17) is 17.3 Å². The molecule has 4 N–H and O–H groups in total. The Bertz CT molecular complexity index is 1060. The molecule has 2 aromatic carbocycles. The van der Waals surface area contributed by atoms with Crippen molar-refractivity contribution in [2.45, 2.75) is 18.9 Å². The van der Waals surface area contributed by atoms with E-state index < -0.39 is 0 Å². The fourth-order valence-corrected chi connectivity index (χ4v) is 3.59. The standard InChI is InChI=1S/C21H18ClFN4O/c22-14-5-4-12-7-18(8-13(12)6-14)26-21(28)19-10-16(24)11-20(27-19)25-17-3-1-2-15(23)9-17/h1-6,9-11,18H,7-8H2,(H,26,28)(H3,24,25,27). The zero-order valence-electron chi connectivity index (χ0n) is 14.9. The maximum absolute atomic E-state index is 13.4. The van der Waals surface area contributed by atoms with Gasteiger partial charge in [0.1, 0.15) is 17.3 Å². The third kappa shape index (κ3) is 4.07. The third-order valence-corrected chi connectivity index (χ3v) is 4.85. The summed E-state index contributed by atoms with van der Waals surface area (Å²) < 4.78 is 13.4. The summed E-state index contributed by atoms with van der Waals surface area (Å²) in [6.07, 6.45) is 1.47. The van der Waals surface area contributed by atoms with Gasteiger partial charge in [0.2, 0.25) is 0 Å². The van der Waals surface area contributed by atoms with Gasteiger partial charge in [-0.1, -0.05) is 23.7 Å². The zero-order valence-corrected chi connectivity index (χ0v) is 15.6. The number of nitrogen functional groups attached to an aromatic ring is 1. The molecule has 0 aliphatic heterocycles. The van der Waals surface area contributed by atoms with Crippen molar-refractivity contribution in [3.05, 3.63) is 82.3 Å². The zero-order chi connectivity index (χ0) is 19.7. The van der Waals surface area contributed by atoms with Crippen LogP contribution in [-0.4, -0.2) is 16.9 Å². The van der Waals surface area contributed by atoms with Crippen LogP contribution in [0.3, 0.4) is 0 Å². The van der Waals surface area contributed by atoms with Crippen LogP contribution in [0.15, 0.2) is 54.6 Å². The molecule has 0 fully saturated rings. The molecule has 1 unspecified atom stereocenters. The maximum Gasteiger partial charge on any atom is 0.270 e. The molecular formula is C21H18ClFN4O. The number of aromatic nitrogens is 1. The van der Waals surface area contributed by atoms with Gasteiger partial charge in [-0.05, 0) is 60.4 Å². The lowest BCUT2D eigenvalue weighted by atomic mass is 10.1. The molecule has 1 aliphatic carbocycles. The summed E-state index contributed by atoms with van der Waals surface area (Å²) >= 11 is 6.04. The van der Waals surface area contributed by atoms with Gasteiger partial charge >= 0.3 is 0 Å². The predicted octanol–water partition coefficient (Wildman–Crippen LogP) is 4.10. The Kier molecular flexibility index (Phi) is 4.88. The van der Waals surface area contributed by atoms with Gasteiger partial charge in [0.25, 0.3) is 5.91 Å². The van der Waals surface area contributed by atoms with Crippen molar-refractivity contribution in [2.75, 3.05) is 11.1 Å². The number of carbonyl (C=O) groups is 1. The van der Waals surface area contributed by atoms with E-state index in [0.29, 0.717) is 22.2 Å². The fraction of sp³-hybridized carbons (Fsp3) is 0.143. The van der Waals surface area contributed by atoms with Crippen molar-refractivity contribution in [1.29, 1.82) is 0 Å². The normalized spacial score (nSPS) is 15.1. The number of rotatable bonds is 4. The number of nitrogens with zero attached hydrogens (tertiary/aromatic N) is 1. The lowest BCUT2D eigenvalue weighted by Crippen LogP contribution is -2.35. The van der Waals surface area contributed by atoms with Crippen molar-refractivity contribution in [1.82, 2.24) is 10.3 Å². The van der Waals surface area contributed by atoms with Gasteiger partial charge in [-0.2, -0.15) is 0 Å². The van der Waals surface area contributed by atoms with Crippen LogP contribution in [0.5, 0.6) is 0 Å². The quantitative estimate of drug-likeness (QED) is 0.620. The van der Waals surface area contributed by atoms with Crippen LogP contribution >= 0.6 is 11.6 Å². The molecule has 5 nitrogen and oxygen atoms in total. The molecule has 1 heterocycles. The van der Waals surface area contributed by atoms with E-state index in [0.717, 1.165) is 18.4 Å². The highest BCUT2D eigenvalue weighted by atomic mass is 35.5. The van der Waals surface area contributed by atoms with Gasteiger partial charge in [0.15, 0.2) is 0 Å². The molecule has 1 atom stereocenters. The highest BCUT2D eigenvalue weighted by Gasteiger charge is 2.24. The molecule has 1 aliphatic rings. The molecule has 0 saturated carbocycles. The average molecular weight is 397 g/mol. The Morgan fingerprint density at radius 2 is 1.93 bits per heavy atom. The lowest BCUT2D eigenvalue weighted by molar-refractivity contribution is 0.0933. The van der Waals surface area contributed by atoms with Crippen molar-refractivity contribution < 1.29 is 9.18 Å². The first-order chi connectivity index (χ1) is 13.5. The fourth-order valence-electron chi connectivity index (χ4n) is 3.39. The molecule has 4 rings (SSSR count). The van der Waals surface area contributed by atoms with Crippen molar-refractivity contribution in [3.8, 4) is 0 Å². The van der Waals surface area contributed by atoms with Gasteiger partial charge in [-0.15, -0.1) is 0 Å². The van der Waals surface area contributed by atoms with Gasteiger partial charge in [-0.3, -0.25) is 4.79 Å². The van der Waals surface area contributed by atoms with Gasteiger partial charge in [0.05, 0.1) is 0 Å². The second-order valence-corrected chi connectivity index (χ2v) is 7.23. The Morgan fingerprint density at radius 1 is 1.11 bits per heavy atom. The predicted molar refractivity (Wildman–Crippen MR) is 108 cm³/mol. The number of nitrogens with two attached hydrogens (primary N) is 1. The maximum atomic E-state index is 13.4. The summed E-state index contributed by atoms with van der Waals surface area (Å²) in [4.78, 5) is 17.0. The molecule has 0 saturated heterocycles. The summed E-state index contributed by atoms with van der Waals surface area (Å²) in [6.45, 7) is 0. The summed E-state index contributed by atoms with van der Waals surface area (Å²) in [7, 11) is 0. The molecule has 28 heavy (non-hydrogen) atoms. The van der Waals surface area contributed by atoms with Crippen molar-refractivity contribution >= 4 is 34.7 Å². The summed E-state index contributed by atoms with van der Waals surface area (Å²) in [5.74, 6) is -0.302. The monoisotopic (exact) mass is 396 g/mol. The molecule has 1 amide bonds. The number of hydrogen-bond acceptors (Lipinski definition) is 4. The minimum Gasteiger partial charge on any atom is -0.399 e. The molecule has 0 bridgehead atoms. The van der Waals surface area contributed by atoms with E-state index in [-0.39, 0.29) is 23.5 Å². The number of hydrogen-bond donors (Lipinski definition) is 3. The number of amides is 1. The van der Waals surface area contributed by atoms with Crippen LogP contribution in [0.25, 0.3) is 0 Å². The van der Waals surface area contributed by atoms with E-state index in [2.05, 4.69) is 15.6 Å². The first kappa shape index (κ1) is 18.3. The number of fused-ring (bicyclic) bond motifs is 1. The minimum absolute atomic E-state index is 0.0242. The number of pyridine rings is 1. The first-order valence-electron chi connectivity index (χ1n) is 8.84. The topological polar surface area (TPSA) is 80.0 Å². The SMILES string of the molecule is Nc1cc(Nc2cccc(F)c2)nc(C(=O)NC2Cc3ccc(Cl)cc3C2)c1. The van der Waals surface area contributed by atoms with Crippen molar-refractivity contribution in [2.24, 2.45) is 0 Å². The summed E-state index contributed by atoms with van der Waals surface area (Å²) in [5.41, 5.74) is 9.37. The Labute approximate surface area is 166 Å². The van der Waals surface area contributed by atoms with Gasteiger partial charge < -0.3 is 16.4 Å². The van der Waals surface area contributed by atoms with E-state index in [1.807, 2.05) is 18.2 Å². The van der Waals surface area contributed by atoms with E-state index in [1.165, 1.54) is 23.8 Å². The van der Waals surface area contributed by atoms with Gasteiger partial charge in [0, 0.05) is 28.5 Å². The third-order valence-electron chi connectivity index (χ3n) is 4.61.